The van der Waals surface area contributed by atoms with Crippen LogP contribution in [0.2, 0.25) is 0 Å². The molecule has 0 spiro atoms. The van der Waals surface area contributed by atoms with Crippen molar-refractivity contribution >= 4 is 5.78 Å². The van der Waals surface area contributed by atoms with Crippen molar-refractivity contribution in [2.24, 2.45) is 0 Å². The quantitative estimate of drug-likeness (QED) is 0.782. The van der Waals surface area contributed by atoms with Crippen LogP contribution in [0.4, 0.5) is 0 Å². The van der Waals surface area contributed by atoms with Gasteiger partial charge in [0.25, 0.3) is 0 Å². The number of hydrogen-bond donors (Lipinski definition) is 0. The van der Waals surface area contributed by atoms with E-state index < -0.39 is 5.41 Å². The number of rotatable bonds is 5. The molecule has 0 amide bonds. The second-order valence-electron chi connectivity index (χ2n) is 5.42. The number of Topliss-reactive ketones (excluding diaryl/α,β-unsaturated/α-hetero) is 1. The molecular formula is C18H20O3. The molecule has 21 heavy (non-hydrogen) atoms. The van der Waals surface area contributed by atoms with Crippen molar-refractivity contribution < 1.29 is 14.3 Å². The molecule has 3 heteroatoms. The first-order chi connectivity index (χ1) is 9.98. The molecule has 0 aliphatic carbocycles. The number of ketones is 1. The SMILES string of the molecule is COc1cc(OC)cc(C(C)(C)C(=O)c2ccccc2)c1. The lowest BCUT2D eigenvalue weighted by atomic mass is 9.78. The van der Waals surface area contributed by atoms with E-state index in [0.29, 0.717) is 17.1 Å². The fourth-order valence-electron chi connectivity index (χ4n) is 2.25. The fourth-order valence-corrected chi connectivity index (χ4v) is 2.25. The van der Waals surface area contributed by atoms with Gasteiger partial charge in [0.1, 0.15) is 11.5 Å². The molecule has 0 heterocycles. The molecule has 2 rings (SSSR count). The zero-order valence-corrected chi connectivity index (χ0v) is 12.8. The monoisotopic (exact) mass is 284 g/mol. The summed E-state index contributed by atoms with van der Waals surface area (Å²) in [6.07, 6.45) is 0. The van der Waals surface area contributed by atoms with Gasteiger partial charge in [0.2, 0.25) is 0 Å². The molecule has 3 nitrogen and oxygen atoms in total. The van der Waals surface area contributed by atoms with E-state index in [9.17, 15) is 4.79 Å². The average Bonchev–Trinajstić information content (AvgIpc) is 2.54. The molecular weight excluding hydrogens is 264 g/mol. The third kappa shape index (κ3) is 3.07. The van der Waals surface area contributed by atoms with Crippen molar-refractivity contribution in [1.82, 2.24) is 0 Å². The van der Waals surface area contributed by atoms with E-state index in [1.54, 1.807) is 20.3 Å². The van der Waals surface area contributed by atoms with Crippen molar-refractivity contribution in [3.63, 3.8) is 0 Å². The Hall–Kier alpha value is -2.29. The molecule has 0 saturated carbocycles. The van der Waals surface area contributed by atoms with Gasteiger partial charge in [-0.05, 0) is 31.5 Å². The minimum absolute atomic E-state index is 0.0680. The van der Waals surface area contributed by atoms with E-state index in [2.05, 4.69) is 0 Å². The molecule has 0 radical (unpaired) electrons. The molecule has 2 aromatic rings. The summed E-state index contributed by atoms with van der Waals surface area (Å²) in [5.41, 5.74) is 0.903. The zero-order valence-electron chi connectivity index (χ0n) is 12.8. The summed E-state index contributed by atoms with van der Waals surface area (Å²) in [6, 6.07) is 14.9. The first-order valence-corrected chi connectivity index (χ1v) is 6.82. The normalized spacial score (nSPS) is 11.0. The molecule has 110 valence electrons. The molecule has 0 aliphatic rings. The third-order valence-electron chi connectivity index (χ3n) is 3.68. The molecule has 0 bridgehead atoms. The van der Waals surface area contributed by atoms with Gasteiger partial charge in [-0.15, -0.1) is 0 Å². The largest absolute Gasteiger partial charge is 0.497 e. The van der Waals surface area contributed by atoms with Crippen LogP contribution >= 0.6 is 0 Å². The Bertz CT molecular complexity index is 608. The number of hydrogen-bond acceptors (Lipinski definition) is 3. The molecule has 0 aromatic heterocycles. The third-order valence-corrected chi connectivity index (χ3v) is 3.68. The number of methoxy groups -OCH3 is 2. The highest BCUT2D eigenvalue weighted by Gasteiger charge is 2.31. The molecule has 0 aliphatic heterocycles. The highest BCUT2D eigenvalue weighted by Crippen LogP contribution is 2.33. The van der Waals surface area contributed by atoms with E-state index >= 15 is 0 Å². The Balaban J connectivity index is 2.45. The van der Waals surface area contributed by atoms with Gasteiger partial charge in [-0.2, -0.15) is 0 Å². The Morgan fingerprint density at radius 2 is 1.43 bits per heavy atom. The maximum absolute atomic E-state index is 12.8. The number of carbonyl (C=O) groups excluding carboxylic acids is 1. The lowest BCUT2D eigenvalue weighted by Crippen LogP contribution is -2.29. The number of ether oxygens (including phenoxy) is 2. The van der Waals surface area contributed by atoms with Crippen molar-refractivity contribution in [3.8, 4) is 11.5 Å². The van der Waals surface area contributed by atoms with Crippen molar-refractivity contribution in [2.75, 3.05) is 14.2 Å². The second kappa shape index (κ2) is 6.00. The van der Waals surface area contributed by atoms with Crippen LogP contribution in [0.5, 0.6) is 11.5 Å². The van der Waals surface area contributed by atoms with E-state index in [1.807, 2.05) is 56.3 Å². The standard InChI is InChI=1S/C18H20O3/c1-18(2,17(19)13-8-6-5-7-9-13)14-10-15(20-3)12-16(11-14)21-4/h5-12H,1-4H3. The predicted molar refractivity (Wildman–Crippen MR) is 83.3 cm³/mol. The van der Waals surface area contributed by atoms with Gasteiger partial charge < -0.3 is 9.47 Å². The van der Waals surface area contributed by atoms with E-state index in [0.717, 1.165) is 5.56 Å². The summed E-state index contributed by atoms with van der Waals surface area (Å²) in [5.74, 6) is 1.43. The van der Waals surface area contributed by atoms with Crippen LogP contribution in [0.15, 0.2) is 48.5 Å². The van der Waals surface area contributed by atoms with Gasteiger partial charge in [-0.25, -0.2) is 0 Å². The molecule has 0 unspecified atom stereocenters. The Morgan fingerprint density at radius 3 is 1.90 bits per heavy atom. The van der Waals surface area contributed by atoms with Gasteiger partial charge in [0.05, 0.1) is 19.6 Å². The predicted octanol–water partition coefficient (Wildman–Crippen LogP) is 3.86. The Kier molecular flexibility index (Phi) is 4.32. The minimum Gasteiger partial charge on any atom is -0.497 e. The van der Waals surface area contributed by atoms with Crippen LogP contribution in [0.25, 0.3) is 0 Å². The van der Waals surface area contributed by atoms with Crippen LogP contribution in [-0.4, -0.2) is 20.0 Å². The molecule has 0 N–H and O–H groups in total. The van der Waals surface area contributed by atoms with Gasteiger partial charge in [0.15, 0.2) is 5.78 Å². The van der Waals surface area contributed by atoms with Crippen LogP contribution in [-0.2, 0) is 5.41 Å². The molecule has 0 atom stereocenters. The second-order valence-corrected chi connectivity index (χ2v) is 5.42. The topological polar surface area (TPSA) is 35.5 Å². The summed E-state index contributed by atoms with van der Waals surface area (Å²) in [4.78, 5) is 12.8. The maximum atomic E-state index is 12.8. The van der Waals surface area contributed by atoms with E-state index in [1.165, 1.54) is 0 Å². The summed E-state index contributed by atoms with van der Waals surface area (Å²) < 4.78 is 10.6. The fraction of sp³-hybridized carbons (Fsp3) is 0.278. The Labute approximate surface area is 125 Å². The van der Waals surface area contributed by atoms with Crippen molar-refractivity contribution in [2.45, 2.75) is 19.3 Å². The van der Waals surface area contributed by atoms with Crippen LogP contribution in [0.3, 0.4) is 0 Å². The summed E-state index contributed by atoms with van der Waals surface area (Å²) in [6.45, 7) is 3.83. The Morgan fingerprint density at radius 1 is 0.905 bits per heavy atom. The first-order valence-electron chi connectivity index (χ1n) is 6.82. The van der Waals surface area contributed by atoms with E-state index in [4.69, 9.17) is 9.47 Å². The lowest BCUT2D eigenvalue weighted by molar-refractivity contribution is 0.0908. The average molecular weight is 284 g/mol. The van der Waals surface area contributed by atoms with Gasteiger partial charge in [-0.1, -0.05) is 30.3 Å². The highest BCUT2D eigenvalue weighted by molar-refractivity contribution is 6.03. The smallest absolute Gasteiger partial charge is 0.172 e. The summed E-state index contributed by atoms with van der Waals surface area (Å²) in [7, 11) is 3.20. The molecule has 0 fully saturated rings. The van der Waals surface area contributed by atoms with E-state index in [-0.39, 0.29) is 5.78 Å². The van der Waals surface area contributed by atoms with Crippen LogP contribution < -0.4 is 9.47 Å². The highest BCUT2D eigenvalue weighted by atomic mass is 16.5. The van der Waals surface area contributed by atoms with Crippen molar-refractivity contribution in [1.29, 1.82) is 0 Å². The van der Waals surface area contributed by atoms with Gasteiger partial charge in [0, 0.05) is 11.6 Å². The number of benzene rings is 2. The summed E-state index contributed by atoms with van der Waals surface area (Å²) >= 11 is 0. The van der Waals surface area contributed by atoms with Crippen molar-refractivity contribution in [3.05, 3.63) is 59.7 Å². The minimum atomic E-state index is -0.664. The van der Waals surface area contributed by atoms with Crippen LogP contribution in [0, 0.1) is 0 Å². The van der Waals surface area contributed by atoms with Gasteiger partial charge >= 0.3 is 0 Å². The molecule has 0 saturated heterocycles. The summed E-state index contributed by atoms with van der Waals surface area (Å²) in [5, 5.41) is 0. The zero-order chi connectivity index (χ0) is 15.5. The first kappa shape index (κ1) is 15.1. The van der Waals surface area contributed by atoms with Gasteiger partial charge in [-0.3, -0.25) is 4.79 Å². The van der Waals surface area contributed by atoms with Crippen LogP contribution in [0.1, 0.15) is 29.8 Å². The number of carbonyl (C=O) groups is 1. The molecule has 2 aromatic carbocycles. The maximum Gasteiger partial charge on any atom is 0.172 e. The lowest BCUT2D eigenvalue weighted by Gasteiger charge is -2.25.